The van der Waals surface area contributed by atoms with Crippen LogP contribution in [-0.2, 0) is 16.1 Å². The number of halogens is 1. The molecule has 4 atom stereocenters. The van der Waals surface area contributed by atoms with Crippen molar-refractivity contribution < 1.29 is 24.1 Å². The van der Waals surface area contributed by atoms with Crippen molar-refractivity contribution in [1.29, 1.82) is 0 Å². The predicted molar refractivity (Wildman–Crippen MR) is 129 cm³/mol. The number of carbonyl (C=O) groups is 1. The Morgan fingerprint density at radius 1 is 1.19 bits per heavy atom. The van der Waals surface area contributed by atoms with Crippen molar-refractivity contribution in [3.05, 3.63) is 60.2 Å². The summed E-state index contributed by atoms with van der Waals surface area (Å²) in [5.74, 6) is -0.625. The number of likely N-dealkylation sites (N-methyl/N-ethyl adjacent to an activating group) is 1. The number of aromatic nitrogens is 6. The minimum absolute atomic E-state index is 0.147. The molecule has 12 nitrogen and oxygen atoms in total. The van der Waals surface area contributed by atoms with Gasteiger partial charge < -0.3 is 25.6 Å². The number of hydrogen-bond acceptors (Lipinski definition) is 10. The van der Waals surface area contributed by atoms with Gasteiger partial charge in [-0.25, -0.2) is 19.3 Å². The van der Waals surface area contributed by atoms with Crippen LogP contribution in [0.4, 0.5) is 10.2 Å². The van der Waals surface area contributed by atoms with Crippen molar-refractivity contribution >= 4 is 22.9 Å². The number of rotatable bonds is 7. The van der Waals surface area contributed by atoms with Gasteiger partial charge in [0.25, 0.3) is 5.91 Å². The topological polar surface area (TPSA) is 160 Å². The highest BCUT2D eigenvalue weighted by molar-refractivity contribution is 5.85. The highest BCUT2D eigenvalue weighted by atomic mass is 19.1. The summed E-state index contributed by atoms with van der Waals surface area (Å²) in [6, 6.07) is 5.06. The number of nitrogens with zero attached hydrogens (tertiary/aromatic N) is 6. The molecule has 0 unspecified atom stereocenters. The lowest BCUT2D eigenvalue weighted by Crippen LogP contribution is -2.42. The van der Waals surface area contributed by atoms with Gasteiger partial charge in [0, 0.05) is 24.5 Å². The summed E-state index contributed by atoms with van der Waals surface area (Å²) >= 11 is 0. The van der Waals surface area contributed by atoms with E-state index in [1.54, 1.807) is 13.1 Å². The van der Waals surface area contributed by atoms with E-state index >= 15 is 0 Å². The molecule has 4 N–H and O–H groups in total. The van der Waals surface area contributed by atoms with Crippen LogP contribution in [0.1, 0.15) is 24.4 Å². The van der Waals surface area contributed by atoms with Crippen molar-refractivity contribution in [2.75, 3.05) is 11.9 Å². The number of nitrogens with one attached hydrogen (secondary N) is 2. The number of ether oxygens (including phenoxy) is 1. The van der Waals surface area contributed by atoms with Crippen molar-refractivity contribution in [1.82, 2.24) is 34.8 Å². The zero-order valence-corrected chi connectivity index (χ0v) is 20.0. The van der Waals surface area contributed by atoms with Crippen LogP contribution >= 0.6 is 0 Å². The third-order valence-corrected chi connectivity index (χ3v) is 5.92. The van der Waals surface area contributed by atoms with Crippen LogP contribution in [0.15, 0.2) is 43.1 Å². The van der Waals surface area contributed by atoms with Crippen molar-refractivity contribution in [2.45, 2.75) is 44.9 Å². The Hall–Kier alpha value is -4.07. The quantitative estimate of drug-likeness (QED) is 0.285. The third-order valence-electron chi connectivity index (χ3n) is 5.92. The predicted octanol–water partition coefficient (Wildman–Crippen LogP) is 1.10. The summed E-state index contributed by atoms with van der Waals surface area (Å²) in [5, 5.41) is 27.0. The lowest BCUT2D eigenvalue weighted by molar-refractivity contribution is -0.137. The van der Waals surface area contributed by atoms with E-state index in [0.717, 1.165) is 17.5 Å². The van der Waals surface area contributed by atoms with Crippen molar-refractivity contribution in [3.63, 3.8) is 0 Å². The number of pyridine rings is 2. The van der Waals surface area contributed by atoms with Gasteiger partial charge >= 0.3 is 0 Å². The Kier molecular flexibility index (Phi) is 6.74. The molecule has 192 valence electrons. The monoisotopic (exact) mass is 508 g/mol. The molecule has 1 aliphatic heterocycles. The second-order valence-corrected chi connectivity index (χ2v) is 8.61. The number of aliphatic hydroxyl groups excluding tert-OH is 2. The maximum atomic E-state index is 13.9. The van der Waals surface area contributed by atoms with Crippen LogP contribution in [0.3, 0.4) is 0 Å². The normalized spacial score (nSPS) is 21.3. The number of aryl methyl sites for hydroxylation is 1. The maximum Gasteiger partial charge on any atom is 0.252 e. The first-order chi connectivity index (χ1) is 17.9. The van der Waals surface area contributed by atoms with Gasteiger partial charge in [-0.15, -0.1) is 0 Å². The van der Waals surface area contributed by atoms with Crippen LogP contribution in [0, 0.1) is 12.7 Å². The first-order valence-electron chi connectivity index (χ1n) is 11.7. The van der Waals surface area contributed by atoms with Crippen LogP contribution in [-0.4, -0.2) is 70.5 Å². The zero-order chi connectivity index (χ0) is 26.1. The van der Waals surface area contributed by atoms with Gasteiger partial charge in [0.2, 0.25) is 0 Å². The average molecular weight is 509 g/mol. The molecule has 5 heterocycles. The Morgan fingerprint density at radius 2 is 2.03 bits per heavy atom. The number of anilines is 1. The average Bonchev–Trinajstić information content (AvgIpc) is 3.43. The second-order valence-electron chi connectivity index (χ2n) is 8.61. The molecule has 0 saturated carbocycles. The standard InChI is InChI=1S/C24H25FN8O4/c1-3-27-23(36)19-17(34)18(35)24(37-19)33-11-30-16-21(29-10-15-6-12(2)4-5-28-15)31-20(32-22(16)33)13-7-14(25)9-26-8-13/h4-9,11,17-19,24,34-35H,3,10H2,1-2H3,(H,27,36)(H,29,31,32)/t17-,18+,19-,24+/m0/s1. The number of amides is 1. The minimum atomic E-state index is -1.47. The lowest BCUT2D eigenvalue weighted by Gasteiger charge is -2.17. The summed E-state index contributed by atoms with van der Waals surface area (Å²) in [5.41, 5.74) is 2.71. The molecule has 5 rings (SSSR count). The van der Waals surface area contributed by atoms with Gasteiger partial charge in [0.05, 0.1) is 24.8 Å². The van der Waals surface area contributed by atoms with Crippen LogP contribution in [0.2, 0.25) is 0 Å². The highest BCUT2D eigenvalue weighted by Gasteiger charge is 2.47. The van der Waals surface area contributed by atoms with Crippen molar-refractivity contribution in [2.24, 2.45) is 0 Å². The minimum Gasteiger partial charge on any atom is -0.387 e. The van der Waals surface area contributed by atoms with E-state index in [-0.39, 0.29) is 11.5 Å². The summed E-state index contributed by atoms with van der Waals surface area (Å²) in [6.07, 6.45) is 0.232. The van der Waals surface area contributed by atoms with E-state index in [9.17, 15) is 19.4 Å². The number of hydrogen-bond donors (Lipinski definition) is 4. The molecule has 4 aromatic heterocycles. The van der Waals surface area contributed by atoms with Crippen molar-refractivity contribution in [3.8, 4) is 11.4 Å². The Morgan fingerprint density at radius 3 is 2.78 bits per heavy atom. The molecule has 1 amide bonds. The van der Waals surface area contributed by atoms with Crippen LogP contribution in [0.25, 0.3) is 22.6 Å². The maximum absolute atomic E-state index is 13.9. The molecule has 37 heavy (non-hydrogen) atoms. The molecule has 0 aromatic carbocycles. The number of imidazole rings is 1. The summed E-state index contributed by atoms with van der Waals surface area (Å²) in [4.78, 5) is 34.0. The van der Waals surface area contributed by atoms with E-state index in [2.05, 4.69) is 35.6 Å². The molecule has 4 aromatic rings. The third kappa shape index (κ3) is 4.83. The fourth-order valence-electron chi connectivity index (χ4n) is 4.14. The lowest BCUT2D eigenvalue weighted by atomic mass is 10.1. The van der Waals surface area contributed by atoms with Gasteiger partial charge in [-0.3, -0.25) is 19.3 Å². The molecule has 0 radical (unpaired) electrons. The molecular formula is C24H25FN8O4. The van der Waals surface area contributed by atoms with Gasteiger partial charge in [-0.05, 0) is 37.6 Å². The van der Waals surface area contributed by atoms with E-state index in [1.165, 1.54) is 23.2 Å². The smallest absolute Gasteiger partial charge is 0.252 e. The first kappa shape index (κ1) is 24.6. The molecule has 1 fully saturated rings. The fraction of sp³-hybridized carbons (Fsp3) is 0.333. The van der Waals surface area contributed by atoms with Gasteiger partial charge in [-0.2, -0.15) is 0 Å². The Balaban J connectivity index is 1.56. The van der Waals surface area contributed by atoms with Crippen LogP contribution < -0.4 is 10.6 Å². The molecule has 1 saturated heterocycles. The molecule has 13 heteroatoms. The summed E-state index contributed by atoms with van der Waals surface area (Å²) in [7, 11) is 0. The number of carbonyl (C=O) groups excluding carboxylic acids is 1. The Labute approximate surface area is 210 Å². The van der Waals surface area contributed by atoms with Gasteiger partial charge in [0.1, 0.15) is 18.0 Å². The highest BCUT2D eigenvalue weighted by Crippen LogP contribution is 2.33. The summed E-state index contributed by atoms with van der Waals surface area (Å²) in [6.45, 7) is 4.35. The van der Waals surface area contributed by atoms with Gasteiger partial charge in [0.15, 0.2) is 35.1 Å². The molecule has 0 bridgehead atoms. The fourth-order valence-corrected chi connectivity index (χ4v) is 4.14. The van der Waals surface area contributed by atoms with E-state index < -0.39 is 36.3 Å². The number of fused-ring (bicyclic) bond motifs is 1. The van der Waals surface area contributed by atoms with Crippen LogP contribution in [0.5, 0.6) is 0 Å². The van der Waals surface area contributed by atoms with E-state index in [1.807, 2.05) is 19.1 Å². The molecule has 0 spiro atoms. The first-order valence-corrected chi connectivity index (χ1v) is 11.7. The SMILES string of the molecule is CCNC(=O)[C@H]1O[C@@H](n2cnc3c(NCc4cc(C)ccn4)nc(-c4cncc(F)c4)nc32)[C@H](O)[C@@H]1O. The molecule has 1 aliphatic rings. The molecule has 0 aliphatic carbocycles. The second kappa shape index (κ2) is 10.1. The van der Waals surface area contributed by atoms with Gasteiger partial charge in [-0.1, -0.05) is 0 Å². The molecular weight excluding hydrogens is 483 g/mol. The largest absolute Gasteiger partial charge is 0.387 e. The van der Waals surface area contributed by atoms with E-state index in [0.29, 0.717) is 30.0 Å². The summed E-state index contributed by atoms with van der Waals surface area (Å²) < 4.78 is 21.1. The van der Waals surface area contributed by atoms with E-state index in [4.69, 9.17) is 4.74 Å². The number of aliphatic hydroxyl groups is 2. The zero-order valence-electron chi connectivity index (χ0n) is 20.0. The Bertz CT molecular complexity index is 1450.